The van der Waals surface area contributed by atoms with Gasteiger partial charge >= 0.3 is 0 Å². The second-order valence-electron chi connectivity index (χ2n) is 6.63. The molecule has 1 aromatic carbocycles. The zero-order valence-electron chi connectivity index (χ0n) is 15.0. The van der Waals surface area contributed by atoms with E-state index in [2.05, 4.69) is 56.7 Å². The van der Waals surface area contributed by atoms with Crippen LogP contribution in [0.3, 0.4) is 0 Å². The van der Waals surface area contributed by atoms with Crippen LogP contribution in [-0.2, 0) is 6.42 Å². The lowest BCUT2D eigenvalue weighted by Gasteiger charge is -2.09. The van der Waals surface area contributed by atoms with E-state index < -0.39 is 0 Å². The summed E-state index contributed by atoms with van der Waals surface area (Å²) in [4.78, 5) is 13.8. The fraction of sp³-hybridized carbons (Fsp3) is 0.316. The van der Waals surface area contributed by atoms with Crippen LogP contribution >= 0.6 is 0 Å². The lowest BCUT2D eigenvalue weighted by molar-refractivity contribution is 0.587. The van der Waals surface area contributed by atoms with Gasteiger partial charge in [0.15, 0.2) is 5.65 Å². The summed E-state index contributed by atoms with van der Waals surface area (Å²) in [7, 11) is 0. The number of amidine groups is 1. The molecule has 7 heteroatoms. The normalized spacial score (nSPS) is 14.0. The third-order valence-electron chi connectivity index (χ3n) is 4.29. The number of hydrazine groups is 1. The third-order valence-corrected chi connectivity index (χ3v) is 4.29. The second-order valence-corrected chi connectivity index (χ2v) is 6.63. The van der Waals surface area contributed by atoms with E-state index >= 15 is 0 Å². The van der Waals surface area contributed by atoms with Crippen LogP contribution in [0.2, 0.25) is 0 Å². The van der Waals surface area contributed by atoms with Crippen molar-refractivity contribution in [3.05, 3.63) is 54.0 Å². The number of hydrogen-bond donors (Lipinski definition) is 3. The van der Waals surface area contributed by atoms with E-state index in [0.29, 0.717) is 12.7 Å². The van der Waals surface area contributed by atoms with E-state index in [0.717, 1.165) is 46.9 Å². The third kappa shape index (κ3) is 3.44. The Kier molecular flexibility index (Phi) is 4.64. The molecule has 3 heterocycles. The molecule has 0 saturated carbocycles. The largest absolute Gasteiger partial charge is 0.314 e. The van der Waals surface area contributed by atoms with E-state index in [1.165, 1.54) is 0 Å². The standard InChI is InChI=1S/C19H23N7/c1-13(2)20-8-6-15-11-21-19-17(24-15)7-9-26(19)16-5-3-4-14(10-16)18-22-12-23-25-18/h3-5,7,9-11,13,20,23H,6,8,12H2,1-2H3,(H,22,25). The highest BCUT2D eigenvalue weighted by Gasteiger charge is 2.11. The Hall–Kier alpha value is -2.77. The summed E-state index contributed by atoms with van der Waals surface area (Å²) in [6.45, 7) is 5.79. The first kappa shape index (κ1) is 16.7. The topological polar surface area (TPSA) is 79.2 Å². The predicted octanol–water partition coefficient (Wildman–Crippen LogP) is 1.77. The van der Waals surface area contributed by atoms with Gasteiger partial charge in [-0.15, -0.1) is 0 Å². The van der Waals surface area contributed by atoms with Crippen molar-refractivity contribution in [3.8, 4) is 5.69 Å². The highest BCUT2D eigenvalue weighted by Crippen LogP contribution is 2.19. The fourth-order valence-corrected chi connectivity index (χ4v) is 3.01. The minimum absolute atomic E-state index is 0.481. The van der Waals surface area contributed by atoms with E-state index in [-0.39, 0.29) is 0 Å². The van der Waals surface area contributed by atoms with E-state index in [4.69, 9.17) is 4.98 Å². The predicted molar refractivity (Wildman–Crippen MR) is 103 cm³/mol. The van der Waals surface area contributed by atoms with Gasteiger partial charge in [-0.1, -0.05) is 26.0 Å². The van der Waals surface area contributed by atoms with Crippen LogP contribution in [0.25, 0.3) is 16.9 Å². The van der Waals surface area contributed by atoms with Gasteiger partial charge in [-0.3, -0.25) is 4.57 Å². The highest BCUT2D eigenvalue weighted by atomic mass is 15.5. The van der Waals surface area contributed by atoms with Crippen LogP contribution in [0.4, 0.5) is 0 Å². The highest BCUT2D eigenvalue weighted by molar-refractivity contribution is 5.99. The zero-order valence-corrected chi connectivity index (χ0v) is 15.0. The quantitative estimate of drug-likeness (QED) is 0.632. The molecule has 0 saturated heterocycles. The van der Waals surface area contributed by atoms with Crippen LogP contribution in [-0.4, -0.2) is 39.6 Å². The van der Waals surface area contributed by atoms with Crippen molar-refractivity contribution in [1.82, 2.24) is 30.7 Å². The first-order chi connectivity index (χ1) is 12.7. The summed E-state index contributed by atoms with van der Waals surface area (Å²) in [5, 5.41) is 3.41. The summed E-state index contributed by atoms with van der Waals surface area (Å²) in [5.74, 6) is 0.856. The van der Waals surface area contributed by atoms with Crippen LogP contribution < -0.4 is 16.2 Å². The van der Waals surface area contributed by atoms with E-state index in [9.17, 15) is 0 Å². The molecule has 26 heavy (non-hydrogen) atoms. The summed E-state index contributed by atoms with van der Waals surface area (Å²) < 4.78 is 2.06. The maximum atomic E-state index is 4.75. The molecule has 1 aliphatic heterocycles. The van der Waals surface area contributed by atoms with Gasteiger partial charge in [0.05, 0.1) is 11.9 Å². The smallest absolute Gasteiger partial charge is 0.163 e. The van der Waals surface area contributed by atoms with Crippen molar-refractivity contribution in [2.45, 2.75) is 26.3 Å². The Balaban J connectivity index is 1.60. The molecule has 0 unspecified atom stereocenters. The number of fused-ring (bicyclic) bond motifs is 1. The van der Waals surface area contributed by atoms with Crippen molar-refractivity contribution >= 4 is 17.0 Å². The van der Waals surface area contributed by atoms with Crippen molar-refractivity contribution in [2.24, 2.45) is 4.99 Å². The van der Waals surface area contributed by atoms with Gasteiger partial charge in [0.25, 0.3) is 0 Å². The fourth-order valence-electron chi connectivity index (χ4n) is 3.01. The van der Waals surface area contributed by atoms with Crippen molar-refractivity contribution in [3.63, 3.8) is 0 Å². The van der Waals surface area contributed by atoms with E-state index in [1.807, 2.05) is 30.6 Å². The minimum Gasteiger partial charge on any atom is -0.314 e. The monoisotopic (exact) mass is 349 g/mol. The minimum atomic E-state index is 0.481. The van der Waals surface area contributed by atoms with Crippen LogP contribution in [0, 0.1) is 0 Å². The number of nitrogens with one attached hydrogen (secondary N) is 3. The second kappa shape index (κ2) is 7.23. The molecule has 2 aromatic heterocycles. The van der Waals surface area contributed by atoms with E-state index in [1.54, 1.807) is 0 Å². The lowest BCUT2D eigenvalue weighted by Crippen LogP contribution is -2.30. The molecular weight excluding hydrogens is 326 g/mol. The molecule has 4 rings (SSSR count). The Morgan fingerprint density at radius 2 is 2.19 bits per heavy atom. The molecule has 134 valence electrons. The number of hydrogen-bond acceptors (Lipinski definition) is 6. The first-order valence-corrected chi connectivity index (χ1v) is 8.91. The maximum Gasteiger partial charge on any atom is 0.163 e. The van der Waals surface area contributed by atoms with Gasteiger partial charge in [0, 0.05) is 36.5 Å². The van der Waals surface area contributed by atoms with Gasteiger partial charge in [-0.25, -0.2) is 20.4 Å². The van der Waals surface area contributed by atoms with Gasteiger partial charge < -0.3 is 10.7 Å². The Morgan fingerprint density at radius 3 is 3.00 bits per heavy atom. The van der Waals surface area contributed by atoms with Crippen molar-refractivity contribution in [1.29, 1.82) is 0 Å². The first-order valence-electron chi connectivity index (χ1n) is 8.91. The lowest BCUT2D eigenvalue weighted by atomic mass is 10.2. The Labute approximate surface area is 152 Å². The Bertz CT molecular complexity index is 942. The number of rotatable bonds is 6. The maximum absolute atomic E-state index is 4.75. The molecule has 0 spiro atoms. The molecule has 3 aromatic rings. The van der Waals surface area contributed by atoms with Gasteiger partial charge in [0.2, 0.25) is 0 Å². The molecule has 7 nitrogen and oxygen atoms in total. The molecule has 0 aliphatic carbocycles. The number of aromatic nitrogens is 3. The molecule has 0 fully saturated rings. The molecular formula is C19H23N7. The van der Waals surface area contributed by atoms with Crippen LogP contribution in [0.15, 0.2) is 47.7 Å². The van der Waals surface area contributed by atoms with Gasteiger partial charge in [-0.05, 0) is 18.2 Å². The number of nitrogens with zero attached hydrogens (tertiary/aromatic N) is 4. The van der Waals surface area contributed by atoms with Crippen molar-refractivity contribution in [2.75, 3.05) is 13.2 Å². The molecule has 0 radical (unpaired) electrons. The average Bonchev–Trinajstić information content (AvgIpc) is 3.31. The van der Waals surface area contributed by atoms with Crippen LogP contribution in [0.1, 0.15) is 25.1 Å². The van der Waals surface area contributed by atoms with Gasteiger partial charge in [-0.2, -0.15) is 0 Å². The molecule has 1 aliphatic rings. The SMILES string of the molecule is CC(C)NCCc1cnc2c(ccn2-c2cccc(C3=NCNN3)c2)n1. The summed E-state index contributed by atoms with van der Waals surface area (Å²) in [5.41, 5.74) is 10.9. The van der Waals surface area contributed by atoms with Crippen LogP contribution in [0.5, 0.6) is 0 Å². The zero-order chi connectivity index (χ0) is 17.9. The summed E-state index contributed by atoms with van der Waals surface area (Å²) in [6, 6.07) is 10.7. The molecule has 0 bridgehead atoms. The summed E-state index contributed by atoms with van der Waals surface area (Å²) in [6.07, 6.45) is 4.76. The van der Waals surface area contributed by atoms with Crippen molar-refractivity contribution < 1.29 is 0 Å². The molecule has 0 atom stereocenters. The molecule has 0 amide bonds. The Morgan fingerprint density at radius 1 is 1.27 bits per heavy atom. The number of aliphatic imine (C=N–C) groups is 1. The van der Waals surface area contributed by atoms with Gasteiger partial charge in [0.1, 0.15) is 18.0 Å². The average molecular weight is 349 g/mol. The number of benzene rings is 1. The molecule has 3 N–H and O–H groups in total. The summed E-state index contributed by atoms with van der Waals surface area (Å²) >= 11 is 0.